The summed E-state index contributed by atoms with van der Waals surface area (Å²) >= 11 is 1.31. The molecule has 8 atom stereocenters. The lowest BCUT2D eigenvalue weighted by Crippen LogP contribution is -2.57. The molecule has 7 nitrogen and oxygen atoms in total. The summed E-state index contributed by atoms with van der Waals surface area (Å²) in [5.41, 5.74) is -0.558. The molecule has 0 bridgehead atoms. The standard InChI is InChI=1S/C19H36N2O5S/c1-4-5-12-6-7-20-13(9-12)18(25)21-10-11(2)8-14-15(22)16(23)17(24)19(26-14)27-3/h11-17,19-20,22-24H,4-10H2,1-3H3,(H,21,25). The predicted octanol–water partition coefficient (Wildman–Crippen LogP) is 0.468. The number of aliphatic hydroxyl groups is 3. The first-order valence-corrected chi connectivity index (χ1v) is 11.4. The Morgan fingerprint density at radius 1 is 1.30 bits per heavy atom. The van der Waals surface area contributed by atoms with Crippen LogP contribution in [0.2, 0.25) is 0 Å². The Hall–Kier alpha value is -0.380. The van der Waals surface area contributed by atoms with Crippen molar-refractivity contribution in [1.82, 2.24) is 10.6 Å². The lowest BCUT2D eigenvalue weighted by Gasteiger charge is -2.40. The van der Waals surface area contributed by atoms with Crippen LogP contribution in [0, 0.1) is 11.8 Å². The summed E-state index contributed by atoms with van der Waals surface area (Å²) in [6.07, 6.45) is 2.63. The van der Waals surface area contributed by atoms with Gasteiger partial charge >= 0.3 is 0 Å². The maximum Gasteiger partial charge on any atom is 0.237 e. The topological polar surface area (TPSA) is 111 Å². The molecule has 2 rings (SSSR count). The normalized spacial score (nSPS) is 38.4. The van der Waals surface area contributed by atoms with Crippen LogP contribution in [0.15, 0.2) is 0 Å². The second-order valence-electron chi connectivity index (χ2n) is 8.02. The molecule has 0 saturated carbocycles. The van der Waals surface area contributed by atoms with Gasteiger partial charge in [0.1, 0.15) is 23.7 Å². The zero-order chi connectivity index (χ0) is 20.0. The third-order valence-corrected chi connectivity index (χ3v) is 6.54. The Labute approximate surface area is 166 Å². The van der Waals surface area contributed by atoms with Crippen molar-refractivity contribution in [2.45, 2.75) is 81.8 Å². The number of nitrogens with one attached hydrogen (secondary N) is 2. The average molecular weight is 405 g/mol. The fourth-order valence-electron chi connectivity index (χ4n) is 4.05. The molecule has 2 saturated heterocycles. The number of aliphatic hydroxyl groups excluding tert-OH is 3. The molecule has 27 heavy (non-hydrogen) atoms. The fraction of sp³-hybridized carbons (Fsp3) is 0.947. The molecule has 2 fully saturated rings. The number of carbonyl (C=O) groups excluding carboxylic acids is 1. The van der Waals surface area contributed by atoms with Crippen LogP contribution in [-0.4, -0.2) is 76.5 Å². The van der Waals surface area contributed by atoms with Crippen LogP contribution >= 0.6 is 11.8 Å². The highest BCUT2D eigenvalue weighted by molar-refractivity contribution is 7.99. The Morgan fingerprint density at radius 3 is 2.70 bits per heavy atom. The van der Waals surface area contributed by atoms with E-state index in [0.29, 0.717) is 18.9 Å². The summed E-state index contributed by atoms with van der Waals surface area (Å²) in [4.78, 5) is 12.5. The second kappa shape index (κ2) is 11.0. The molecule has 8 unspecified atom stereocenters. The second-order valence-corrected chi connectivity index (χ2v) is 8.96. The first-order chi connectivity index (χ1) is 12.9. The Bertz CT molecular complexity index is 465. The van der Waals surface area contributed by atoms with E-state index in [1.165, 1.54) is 18.2 Å². The van der Waals surface area contributed by atoms with Gasteiger partial charge in [-0.15, -0.1) is 11.8 Å². The van der Waals surface area contributed by atoms with Crippen molar-refractivity contribution in [3.63, 3.8) is 0 Å². The van der Waals surface area contributed by atoms with Gasteiger partial charge in [-0.05, 0) is 43.9 Å². The van der Waals surface area contributed by atoms with Crippen LogP contribution in [0.1, 0.15) is 46.0 Å². The van der Waals surface area contributed by atoms with E-state index in [2.05, 4.69) is 17.6 Å². The minimum Gasteiger partial charge on any atom is -0.388 e. The molecule has 2 heterocycles. The van der Waals surface area contributed by atoms with Crippen LogP contribution in [0.4, 0.5) is 0 Å². The van der Waals surface area contributed by atoms with Gasteiger partial charge < -0.3 is 30.7 Å². The molecular weight excluding hydrogens is 368 g/mol. The SMILES string of the molecule is CCCC1CCNC(C(=O)NCC(C)CC2OC(SC)C(O)C(O)C2O)C1. The van der Waals surface area contributed by atoms with Crippen molar-refractivity contribution in [2.24, 2.45) is 11.8 Å². The Morgan fingerprint density at radius 2 is 2.04 bits per heavy atom. The first-order valence-electron chi connectivity index (χ1n) is 10.1. The van der Waals surface area contributed by atoms with Crippen LogP contribution in [0.5, 0.6) is 0 Å². The molecule has 2 aliphatic heterocycles. The van der Waals surface area contributed by atoms with Gasteiger partial charge in [0.05, 0.1) is 12.1 Å². The number of amides is 1. The van der Waals surface area contributed by atoms with Crippen LogP contribution in [0.25, 0.3) is 0 Å². The minimum absolute atomic E-state index is 0.0326. The summed E-state index contributed by atoms with van der Waals surface area (Å²) < 4.78 is 5.74. The Balaban J connectivity index is 1.78. The molecule has 0 aromatic heterocycles. The summed E-state index contributed by atoms with van der Waals surface area (Å²) in [6, 6.07) is -0.128. The summed E-state index contributed by atoms with van der Waals surface area (Å²) in [7, 11) is 0. The molecule has 0 spiro atoms. The van der Waals surface area contributed by atoms with Gasteiger partial charge in [-0.3, -0.25) is 4.79 Å². The smallest absolute Gasteiger partial charge is 0.237 e. The lowest BCUT2D eigenvalue weighted by molar-refractivity contribution is -0.201. The molecule has 0 aliphatic carbocycles. The highest BCUT2D eigenvalue weighted by Gasteiger charge is 2.43. The molecule has 158 valence electrons. The van der Waals surface area contributed by atoms with Crippen LogP contribution in [-0.2, 0) is 9.53 Å². The molecule has 5 N–H and O–H groups in total. The average Bonchev–Trinajstić information content (AvgIpc) is 2.67. The van der Waals surface area contributed by atoms with E-state index in [-0.39, 0.29) is 17.9 Å². The van der Waals surface area contributed by atoms with Crippen molar-refractivity contribution < 1.29 is 24.9 Å². The van der Waals surface area contributed by atoms with E-state index in [1.54, 1.807) is 6.26 Å². The van der Waals surface area contributed by atoms with E-state index in [9.17, 15) is 20.1 Å². The van der Waals surface area contributed by atoms with E-state index in [4.69, 9.17) is 4.74 Å². The van der Waals surface area contributed by atoms with Crippen LogP contribution in [0.3, 0.4) is 0 Å². The van der Waals surface area contributed by atoms with Crippen molar-refractivity contribution in [3.05, 3.63) is 0 Å². The summed E-state index contributed by atoms with van der Waals surface area (Å²) in [6.45, 7) is 5.54. The van der Waals surface area contributed by atoms with E-state index in [0.717, 1.165) is 25.8 Å². The van der Waals surface area contributed by atoms with E-state index < -0.39 is 29.9 Å². The molecule has 0 aromatic carbocycles. The zero-order valence-corrected chi connectivity index (χ0v) is 17.5. The largest absolute Gasteiger partial charge is 0.388 e. The minimum atomic E-state index is -1.22. The van der Waals surface area contributed by atoms with Gasteiger partial charge in [-0.2, -0.15) is 0 Å². The molecule has 2 aliphatic rings. The van der Waals surface area contributed by atoms with Gasteiger partial charge in [0.2, 0.25) is 5.91 Å². The van der Waals surface area contributed by atoms with E-state index >= 15 is 0 Å². The number of hydrogen-bond donors (Lipinski definition) is 5. The third kappa shape index (κ3) is 6.30. The van der Waals surface area contributed by atoms with Crippen LogP contribution < -0.4 is 10.6 Å². The van der Waals surface area contributed by atoms with Gasteiger partial charge in [-0.25, -0.2) is 0 Å². The Kier molecular flexibility index (Phi) is 9.31. The monoisotopic (exact) mass is 404 g/mol. The van der Waals surface area contributed by atoms with Crippen molar-refractivity contribution in [1.29, 1.82) is 0 Å². The van der Waals surface area contributed by atoms with E-state index in [1.807, 2.05) is 6.92 Å². The number of rotatable bonds is 8. The lowest BCUT2D eigenvalue weighted by atomic mass is 9.88. The van der Waals surface area contributed by atoms with Gasteiger partial charge in [0, 0.05) is 6.54 Å². The van der Waals surface area contributed by atoms with Gasteiger partial charge in [0.15, 0.2) is 0 Å². The van der Waals surface area contributed by atoms with Crippen molar-refractivity contribution in [3.8, 4) is 0 Å². The number of piperidine rings is 1. The predicted molar refractivity (Wildman–Crippen MR) is 106 cm³/mol. The highest BCUT2D eigenvalue weighted by atomic mass is 32.2. The number of ether oxygens (including phenoxy) is 1. The molecular formula is C19H36N2O5S. The first kappa shape index (κ1) is 22.9. The molecule has 8 heteroatoms. The molecule has 0 radical (unpaired) electrons. The van der Waals surface area contributed by atoms with Crippen molar-refractivity contribution in [2.75, 3.05) is 19.3 Å². The molecule has 1 amide bonds. The molecule has 0 aromatic rings. The van der Waals surface area contributed by atoms with Gasteiger partial charge in [-0.1, -0.05) is 26.7 Å². The maximum absolute atomic E-state index is 12.5. The zero-order valence-electron chi connectivity index (χ0n) is 16.6. The number of thioether (sulfide) groups is 1. The maximum atomic E-state index is 12.5. The highest BCUT2D eigenvalue weighted by Crippen LogP contribution is 2.30. The quantitative estimate of drug-likeness (QED) is 0.400. The van der Waals surface area contributed by atoms with Crippen molar-refractivity contribution >= 4 is 17.7 Å². The summed E-state index contributed by atoms with van der Waals surface area (Å²) in [5.74, 6) is 0.727. The fourth-order valence-corrected chi connectivity index (χ4v) is 4.74. The third-order valence-electron chi connectivity index (χ3n) is 5.69. The summed E-state index contributed by atoms with van der Waals surface area (Å²) in [5, 5.41) is 36.4. The number of hydrogen-bond acceptors (Lipinski definition) is 7. The van der Waals surface area contributed by atoms with Gasteiger partial charge in [0.25, 0.3) is 0 Å². The number of carbonyl (C=O) groups is 1.